The van der Waals surface area contributed by atoms with Crippen molar-refractivity contribution >= 4 is 41.0 Å². The largest absolute Gasteiger partial charge is 0.514 e. The van der Waals surface area contributed by atoms with Gasteiger partial charge >= 0.3 is 6.16 Å². The average molecular weight is 440 g/mol. The normalized spacial score (nSPS) is 13.0. The van der Waals surface area contributed by atoms with Crippen LogP contribution in [-0.4, -0.2) is 15.7 Å². The minimum Gasteiger partial charge on any atom is -0.424 e. The van der Waals surface area contributed by atoms with Gasteiger partial charge in [0, 0.05) is 17.4 Å². The van der Waals surface area contributed by atoms with Crippen molar-refractivity contribution in [3.63, 3.8) is 0 Å². The van der Waals surface area contributed by atoms with Crippen molar-refractivity contribution in [2.75, 3.05) is 0 Å². The minimum atomic E-state index is -0.927. The second-order valence-electron chi connectivity index (χ2n) is 6.25. The van der Waals surface area contributed by atoms with Gasteiger partial charge in [0.25, 0.3) is 0 Å². The van der Waals surface area contributed by atoms with Gasteiger partial charge in [-0.25, -0.2) is 9.78 Å². The maximum Gasteiger partial charge on any atom is 0.514 e. The van der Waals surface area contributed by atoms with Crippen molar-refractivity contribution in [3.8, 4) is 5.75 Å². The van der Waals surface area contributed by atoms with Crippen molar-refractivity contribution < 1.29 is 14.3 Å². The lowest BCUT2D eigenvalue weighted by Gasteiger charge is -2.25. The molecule has 146 valence electrons. The second-order valence-corrected chi connectivity index (χ2v) is 7.50. The van der Waals surface area contributed by atoms with Crippen LogP contribution in [0.5, 0.6) is 5.75 Å². The highest BCUT2D eigenvalue weighted by Gasteiger charge is 2.27. The molecule has 28 heavy (non-hydrogen) atoms. The van der Waals surface area contributed by atoms with E-state index in [1.54, 1.807) is 18.7 Å². The lowest BCUT2D eigenvalue weighted by atomic mass is 10.0. The molecule has 8 heteroatoms. The second kappa shape index (κ2) is 8.86. The number of rotatable bonds is 5. The Kier molecular flexibility index (Phi) is 6.50. The van der Waals surface area contributed by atoms with Crippen molar-refractivity contribution in [2.24, 2.45) is 0 Å². The predicted molar refractivity (Wildman–Crippen MR) is 109 cm³/mol. The van der Waals surface area contributed by atoms with Crippen LogP contribution in [0.15, 0.2) is 55.1 Å². The van der Waals surface area contributed by atoms with Gasteiger partial charge < -0.3 is 14.0 Å². The SMILES string of the molecule is Cc1ccc(C(OC(=O)Oc2c(Cl)cc(Cl)cc2Cl)C(C)n2ccnc2)cc1. The van der Waals surface area contributed by atoms with Crippen LogP contribution in [0.1, 0.15) is 30.2 Å². The predicted octanol–water partition coefficient (Wildman–Crippen LogP) is 6.67. The van der Waals surface area contributed by atoms with E-state index in [1.807, 2.05) is 42.7 Å². The number of halogens is 3. The molecule has 2 aromatic carbocycles. The summed E-state index contributed by atoms with van der Waals surface area (Å²) in [7, 11) is 0. The van der Waals surface area contributed by atoms with Gasteiger partial charge in [-0.2, -0.15) is 0 Å². The Morgan fingerprint density at radius 3 is 2.32 bits per heavy atom. The molecule has 5 nitrogen and oxygen atoms in total. The number of imidazole rings is 1. The molecule has 0 saturated carbocycles. The standard InChI is InChI=1S/C20H17Cl3N2O3/c1-12-3-5-14(6-4-12)18(13(2)25-8-7-24-11-25)27-20(26)28-19-16(22)9-15(21)10-17(19)23/h3-11,13,18H,1-2H3. The minimum absolute atomic E-state index is 0.00401. The Morgan fingerprint density at radius 1 is 1.11 bits per heavy atom. The average Bonchev–Trinajstić information content (AvgIpc) is 3.18. The Labute approximate surface area is 177 Å². The number of carbonyl (C=O) groups excluding carboxylic acids is 1. The van der Waals surface area contributed by atoms with E-state index >= 15 is 0 Å². The molecule has 0 radical (unpaired) electrons. The van der Waals surface area contributed by atoms with Gasteiger partial charge in [0.15, 0.2) is 11.9 Å². The molecule has 3 aromatic rings. The van der Waals surface area contributed by atoms with Gasteiger partial charge in [-0.1, -0.05) is 64.6 Å². The number of aryl methyl sites for hydroxylation is 1. The summed E-state index contributed by atoms with van der Waals surface area (Å²) in [5, 5.41) is 0.565. The highest BCUT2D eigenvalue weighted by Crippen LogP contribution is 2.37. The molecule has 1 aromatic heterocycles. The quantitative estimate of drug-likeness (QED) is 0.329. The van der Waals surface area contributed by atoms with E-state index < -0.39 is 12.3 Å². The Hall–Kier alpha value is -2.21. The van der Waals surface area contributed by atoms with Gasteiger partial charge in [-0.05, 0) is 31.5 Å². The third kappa shape index (κ3) is 4.79. The molecular weight excluding hydrogens is 423 g/mol. The summed E-state index contributed by atoms with van der Waals surface area (Å²) in [4.78, 5) is 16.6. The van der Waals surface area contributed by atoms with E-state index in [0.29, 0.717) is 5.02 Å². The zero-order valence-corrected chi connectivity index (χ0v) is 17.4. The summed E-state index contributed by atoms with van der Waals surface area (Å²) < 4.78 is 12.8. The summed E-state index contributed by atoms with van der Waals surface area (Å²) in [6, 6.07) is 10.3. The molecule has 2 unspecified atom stereocenters. The van der Waals surface area contributed by atoms with Crippen LogP contribution in [0.4, 0.5) is 4.79 Å². The van der Waals surface area contributed by atoms with Crippen molar-refractivity contribution in [1.29, 1.82) is 0 Å². The first kappa shape index (κ1) is 20.5. The van der Waals surface area contributed by atoms with Gasteiger partial charge in [0.1, 0.15) is 0 Å². The molecule has 0 saturated heterocycles. The van der Waals surface area contributed by atoms with Crippen molar-refractivity contribution in [2.45, 2.75) is 26.0 Å². The fourth-order valence-electron chi connectivity index (χ4n) is 2.71. The lowest BCUT2D eigenvalue weighted by Crippen LogP contribution is -2.22. The molecule has 3 rings (SSSR count). The molecule has 0 aliphatic carbocycles. The molecule has 0 N–H and O–H groups in total. The van der Waals surface area contributed by atoms with E-state index in [4.69, 9.17) is 44.3 Å². The smallest absolute Gasteiger partial charge is 0.424 e. The monoisotopic (exact) mass is 438 g/mol. The van der Waals surface area contributed by atoms with Crippen LogP contribution >= 0.6 is 34.8 Å². The number of hydrogen-bond donors (Lipinski definition) is 0. The summed E-state index contributed by atoms with van der Waals surface area (Å²) >= 11 is 18.0. The Morgan fingerprint density at radius 2 is 1.75 bits per heavy atom. The van der Waals surface area contributed by atoms with E-state index in [2.05, 4.69) is 4.98 Å². The lowest BCUT2D eigenvalue weighted by molar-refractivity contribution is 0.0356. The number of hydrogen-bond acceptors (Lipinski definition) is 4. The van der Waals surface area contributed by atoms with Crippen molar-refractivity contribution in [3.05, 3.63) is 81.3 Å². The molecule has 1 heterocycles. The van der Waals surface area contributed by atoms with Gasteiger partial charge in [-0.3, -0.25) is 0 Å². The van der Waals surface area contributed by atoms with Gasteiger partial charge in [0.05, 0.1) is 22.4 Å². The highest BCUT2D eigenvalue weighted by molar-refractivity contribution is 6.40. The molecule has 0 bridgehead atoms. The molecule has 2 atom stereocenters. The Bertz CT molecular complexity index is 936. The number of carbonyl (C=O) groups is 1. The number of ether oxygens (including phenoxy) is 2. The number of aromatic nitrogens is 2. The van der Waals surface area contributed by atoms with Gasteiger partial charge in [-0.15, -0.1) is 0 Å². The van der Waals surface area contributed by atoms with Crippen LogP contribution in [0.2, 0.25) is 15.1 Å². The molecule has 0 spiro atoms. The van der Waals surface area contributed by atoms with Crippen LogP contribution < -0.4 is 4.74 Å². The topological polar surface area (TPSA) is 53.4 Å². The van der Waals surface area contributed by atoms with E-state index in [0.717, 1.165) is 11.1 Å². The maximum atomic E-state index is 12.5. The summed E-state index contributed by atoms with van der Waals surface area (Å²) in [5.74, 6) is -0.00401. The Balaban J connectivity index is 1.85. The summed E-state index contributed by atoms with van der Waals surface area (Å²) in [6.07, 6.45) is 3.57. The fourth-order valence-corrected chi connectivity index (χ4v) is 3.60. The van der Waals surface area contributed by atoms with E-state index in [9.17, 15) is 4.79 Å². The molecule has 0 aliphatic rings. The summed E-state index contributed by atoms with van der Waals surface area (Å²) in [6.45, 7) is 3.90. The molecule has 0 fully saturated rings. The third-order valence-corrected chi connectivity index (χ3v) is 4.99. The van der Waals surface area contributed by atoms with E-state index in [-0.39, 0.29) is 21.8 Å². The highest BCUT2D eigenvalue weighted by atomic mass is 35.5. The molecular formula is C20H17Cl3N2O3. The fraction of sp³-hybridized carbons (Fsp3) is 0.200. The molecule has 0 aliphatic heterocycles. The van der Waals surface area contributed by atoms with E-state index in [1.165, 1.54) is 12.1 Å². The third-order valence-electron chi connectivity index (χ3n) is 4.21. The first-order chi connectivity index (χ1) is 13.3. The van der Waals surface area contributed by atoms with Crippen LogP contribution in [0.25, 0.3) is 0 Å². The zero-order chi connectivity index (χ0) is 20.3. The van der Waals surface area contributed by atoms with Crippen molar-refractivity contribution in [1.82, 2.24) is 9.55 Å². The first-order valence-corrected chi connectivity index (χ1v) is 9.55. The first-order valence-electron chi connectivity index (χ1n) is 8.42. The van der Waals surface area contributed by atoms with Crippen LogP contribution in [0, 0.1) is 6.92 Å². The zero-order valence-electron chi connectivity index (χ0n) is 15.1. The maximum absolute atomic E-state index is 12.5. The number of nitrogens with zero attached hydrogens (tertiary/aromatic N) is 2. The number of benzene rings is 2. The van der Waals surface area contributed by atoms with Gasteiger partial charge in [0.2, 0.25) is 0 Å². The molecule has 0 amide bonds. The van der Waals surface area contributed by atoms with Crippen LogP contribution in [-0.2, 0) is 4.74 Å². The van der Waals surface area contributed by atoms with Crippen LogP contribution in [0.3, 0.4) is 0 Å². The summed E-state index contributed by atoms with van der Waals surface area (Å²) in [5.41, 5.74) is 1.91.